The molecule has 2 N–H and O–H groups in total. The minimum Gasteiger partial charge on any atom is -0.368 e. The summed E-state index contributed by atoms with van der Waals surface area (Å²) in [7, 11) is 0. The van der Waals surface area contributed by atoms with Crippen LogP contribution in [0.3, 0.4) is 0 Å². The molecule has 1 heterocycles. The number of nitrogens with two attached hydrogens (primary N) is 1. The predicted octanol–water partition coefficient (Wildman–Crippen LogP) is 2.36. The quantitative estimate of drug-likeness (QED) is 0.853. The molecule has 1 atom stereocenters. The van der Waals surface area contributed by atoms with Gasteiger partial charge in [-0.1, -0.05) is 13.8 Å². The van der Waals surface area contributed by atoms with Crippen molar-refractivity contribution < 1.29 is 0 Å². The lowest BCUT2D eigenvalue weighted by atomic mass is 10.4. The molecule has 1 aliphatic carbocycles. The standard InChI is InChI=1S/C11H18N4S/c1-3-7(2)16-6-9-13-10(8-4-5-8)15-11(12)14-9/h7-8H,3-6H2,1-2H3,(H2,12,13,14,15). The zero-order valence-electron chi connectivity index (χ0n) is 9.81. The molecule has 0 amide bonds. The molecule has 1 saturated carbocycles. The van der Waals surface area contributed by atoms with Crippen LogP contribution in [-0.2, 0) is 5.75 Å². The minimum absolute atomic E-state index is 0.372. The third-order valence-electron chi connectivity index (χ3n) is 2.73. The van der Waals surface area contributed by atoms with E-state index >= 15 is 0 Å². The zero-order valence-corrected chi connectivity index (χ0v) is 10.6. The van der Waals surface area contributed by atoms with Crippen LogP contribution in [0.1, 0.15) is 50.7 Å². The lowest BCUT2D eigenvalue weighted by Gasteiger charge is -2.08. The van der Waals surface area contributed by atoms with Gasteiger partial charge < -0.3 is 5.73 Å². The van der Waals surface area contributed by atoms with E-state index in [0.29, 0.717) is 17.1 Å². The Bertz CT molecular complexity index is 365. The fourth-order valence-corrected chi connectivity index (χ4v) is 2.18. The highest BCUT2D eigenvalue weighted by molar-refractivity contribution is 7.99. The topological polar surface area (TPSA) is 64.7 Å². The van der Waals surface area contributed by atoms with Crippen LogP contribution in [0, 0.1) is 0 Å². The van der Waals surface area contributed by atoms with E-state index in [1.165, 1.54) is 19.3 Å². The predicted molar refractivity (Wildman–Crippen MR) is 67.3 cm³/mol. The highest BCUT2D eigenvalue weighted by Gasteiger charge is 2.27. The van der Waals surface area contributed by atoms with Crippen LogP contribution in [0.4, 0.5) is 5.95 Å². The van der Waals surface area contributed by atoms with E-state index in [1.807, 2.05) is 11.8 Å². The van der Waals surface area contributed by atoms with E-state index in [4.69, 9.17) is 5.73 Å². The van der Waals surface area contributed by atoms with Crippen LogP contribution in [0.5, 0.6) is 0 Å². The van der Waals surface area contributed by atoms with Gasteiger partial charge in [0.05, 0.1) is 5.75 Å². The summed E-state index contributed by atoms with van der Waals surface area (Å²) in [4.78, 5) is 12.9. The third-order valence-corrected chi connectivity index (χ3v) is 4.06. The van der Waals surface area contributed by atoms with Crippen LogP contribution < -0.4 is 5.73 Å². The van der Waals surface area contributed by atoms with Gasteiger partial charge in [0, 0.05) is 11.2 Å². The highest BCUT2D eigenvalue weighted by atomic mass is 32.2. The summed E-state index contributed by atoms with van der Waals surface area (Å²) >= 11 is 1.87. The fraction of sp³-hybridized carbons (Fsp3) is 0.727. The Balaban J connectivity index is 2.02. The van der Waals surface area contributed by atoms with Gasteiger partial charge in [0.25, 0.3) is 0 Å². The summed E-state index contributed by atoms with van der Waals surface area (Å²) in [5.41, 5.74) is 5.69. The average Bonchev–Trinajstić information content (AvgIpc) is 3.09. The van der Waals surface area contributed by atoms with Crippen LogP contribution in [0.15, 0.2) is 0 Å². The number of nitrogen functional groups attached to an aromatic ring is 1. The maximum absolute atomic E-state index is 5.69. The first kappa shape index (κ1) is 11.6. The first-order valence-electron chi connectivity index (χ1n) is 5.81. The van der Waals surface area contributed by atoms with Crippen molar-refractivity contribution in [1.82, 2.24) is 15.0 Å². The van der Waals surface area contributed by atoms with Crippen LogP contribution in [-0.4, -0.2) is 20.2 Å². The van der Waals surface area contributed by atoms with E-state index in [1.54, 1.807) is 0 Å². The maximum atomic E-state index is 5.69. The zero-order chi connectivity index (χ0) is 11.5. The molecule has 0 aromatic carbocycles. The number of hydrogen-bond acceptors (Lipinski definition) is 5. The summed E-state index contributed by atoms with van der Waals surface area (Å²) < 4.78 is 0. The second-order valence-electron chi connectivity index (χ2n) is 4.27. The summed E-state index contributed by atoms with van der Waals surface area (Å²) in [5.74, 6) is 3.47. The third kappa shape index (κ3) is 3.07. The van der Waals surface area contributed by atoms with Crippen molar-refractivity contribution >= 4 is 17.7 Å². The van der Waals surface area contributed by atoms with Gasteiger partial charge in [-0.3, -0.25) is 0 Å². The van der Waals surface area contributed by atoms with Crippen molar-refractivity contribution in [2.24, 2.45) is 0 Å². The minimum atomic E-state index is 0.372. The molecule has 1 aliphatic rings. The molecule has 1 unspecified atom stereocenters. The van der Waals surface area contributed by atoms with Crippen LogP contribution in [0.2, 0.25) is 0 Å². The number of thioether (sulfide) groups is 1. The Morgan fingerprint density at radius 3 is 2.75 bits per heavy atom. The molecule has 0 bridgehead atoms. The van der Waals surface area contributed by atoms with Crippen molar-refractivity contribution in [3.8, 4) is 0 Å². The summed E-state index contributed by atoms with van der Waals surface area (Å²) in [6, 6.07) is 0. The Labute approximate surface area is 100 Å². The number of rotatable bonds is 5. The summed E-state index contributed by atoms with van der Waals surface area (Å²) in [6.07, 6.45) is 3.56. The summed E-state index contributed by atoms with van der Waals surface area (Å²) in [5, 5.41) is 0.641. The van der Waals surface area contributed by atoms with Crippen molar-refractivity contribution in [3.63, 3.8) is 0 Å². The summed E-state index contributed by atoms with van der Waals surface area (Å²) in [6.45, 7) is 4.41. The first-order valence-corrected chi connectivity index (χ1v) is 6.85. The molecule has 88 valence electrons. The Hall–Kier alpha value is -0.840. The molecule has 4 nitrogen and oxygen atoms in total. The molecular weight excluding hydrogens is 220 g/mol. The molecular formula is C11H18N4S. The van der Waals surface area contributed by atoms with E-state index in [2.05, 4.69) is 28.8 Å². The molecule has 16 heavy (non-hydrogen) atoms. The molecule has 0 spiro atoms. The molecule has 1 aromatic heterocycles. The van der Waals surface area contributed by atoms with E-state index in [-0.39, 0.29) is 0 Å². The molecule has 1 fully saturated rings. The molecule has 0 saturated heterocycles. The van der Waals surface area contributed by atoms with Gasteiger partial charge in [-0.05, 0) is 19.3 Å². The van der Waals surface area contributed by atoms with Gasteiger partial charge in [0.15, 0.2) is 0 Å². The number of hydrogen-bond donors (Lipinski definition) is 1. The number of aromatic nitrogens is 3. The van der Waals surface area contributed by atoms with Crippen LogP contribution in [0.25, 0.3) is 0 Å². The monoisotopic (exact) mass is 238 g/mol. The van der Waals surface area contributed by atoms with Gasteiger partial charge in [-0.15, -0.1) is 0 Å². The SMILES string of the molecule is CCC(C)SCc1nc(N)nc(C2CC2)n1. The Kier molecular flexibility index (Phi) is 3.63. The van der Waals surface area contributed by atoms with E-state index in [9.17, 15) is 0 Å². The molecule has 0 radical (unpaired) electrons. The van der Waals surface area contributed by atoms with Gasteiger partial charge in [0.2, 0.25) is 5.95 Å². The first-order chi connectivity index (χ1) is 7.69. The van der Waals surface area contributed by atoms with Crippen molar-refractivity contribution in [2.75, 3.05) is 5.73 Å². The largest absolute Gasteiger partial charge is 0.368 e. The van der Waals surface area contributed by atoms with Crippen molar-refractivity contribution in [3.05, 3.63) is 11.6 Å². The van der Waals surface area contributed by atoms with Crippen molar-refractivity contribution in [2.45, 2.75) is 50.0 Å². The van der Waals surface area contributed by atoms with Gasteiger partial charge in [0.1, 0.15) is 11.6 Å². The Morgan fingerprint density at radius 1 is 1.38 bits per heavy atom. The lowest BCUT2D eigenvalue weighted by molar-refractivity contribution is 0.852. The molecule has 2 rings (SSSR count). The van der Waals surface area contributed by atoms with Crippen molar-refractivity contribution in [1.29, 1.82) is 0 Å². The lowest BCUT2D eigenvalue weighted by Crippen LogP contribution is -2.07. The smallest absolute Gasteiger partial charge is 0.223 e. The van der Waals surface area contributed by atoms with Crippen LogP contribution >= 0.6 is 11.8 Å². The molecule has 5 heteroatoms. The highest BCUT2D eigenvalue weighted by Crippen LogP contribution is 2.38. The van der Waals surface area contributed by atoms with Gasteiger partial charge >= 0.3 is 0 Å². The second-order valence-corrected chi connectivity index (χ2v) is 5.70. The normalized spacial score (nSPS) is 17.4. The fourth-order valence-electron chi connectivity index (χ4n) is 1.38. The van der Waals surface area contributed by atoms with Gasteiger partial charge in [-0.2, -0.15) is 21.7 Å². The number of nitrogens with zero attached hydrogens (tertiary/aromatic N) is 3. The number of anilines is 1. The van der Waals surface area contributed by atoms with E-state index in [0.717, 1.165) is 17.4 Å². The maximum Gasteiger partial charge on any atom is 0.223 e. The Morgan fingerprint density at radius 2 is 2.12 bits per heavy atom. The molecule has 0 aliphatic heterocycles. The van der Waals surface area contributed by atoms with Gasteiger partial charge in [-0.25, -0.2) is 4.98 Å². The molecule has 1 aromatic rings. The average molecular weight is 238 g/mol. The van der Waals surface area contributed by atoms with E-state index < -0.39 is 0 Å². The second kappa shape index (κ2) is 4.99.